The van der Waals surface area contributed by atoms with Gasteiger partial charge in [-0.25, -0.2) is 0 Å². The van der Waals surface area contributed by atoms with E-state index in [9.17, 15) is 4.79 Å². The third-order valence-corrected chi connectivity index (χ3v) is 4.99. The van der Waals surface area contributed by atoms with E-state index in [1.807, 2.05) is 19.3 Å². The van der Waals surface area contributed by atoms with Crippen LogP contribution < -0.4 is 15.0 Å². The second kappa shape index (κ2) is 5.85. The fourth-order valence-electron chi connectivity index (χ4n) is 3.77. The van der Waals surface area contributed by atoms with Gasteiger partial charge in [0.25, 0.3) is 0 Å². The summed E-state index contributed by atoms with van der Waals surface area (Å²) in [5.41, 5.74) is 4.53. The maximum atomic E-state index is 12.8. The standard InChI is InChI=1S/C18H22N4O2/c1-21-11-13(10-19-21)22-9-8-15(18(22)23)20-17-14-5-3-4-12(14)6-7-16(17)24-2/h6-7,10-11,15,20H,3-5,8-9H2,1-2H3/t15-/m0/s1. The van der Waals surface area contributed by atoms with E-state index in [1.54, 1.807) is 22.9 Å². The summed E-state index contributed by atoms with van der Waals surface area (Å²) < 4.78 is 7.25. The molecule has 4 rings (SSSR count). The Morgan fingerprint density at radius 3 is 2.96 bits per heavy atom. The Morgan fingerprint density at radius 2 is 2.21 bits per heavy atom. The number of benzene rings is 1. The summed E-state index contributed by atoms with van der Waals surface area (Å²) in [7, 11) is 3.54. The monoisotopic (exact) mass is 326 g/mol. The number of fused-ring (bicyclic) bond motifs is 1. The van der Waals surface area contributed by atoms with Crippen molar-refractivity contribution in [3.8, 4) is 5.75 Å². The average molecular weight is 326 g/mol. The van der Waals surface area contributed by atoms with E-state index in [4.69, 9.17) is 4.74 Å². The zero-order valence-electron chi connectivity index (χ0n) is 14.1. The molecule has 0 saturated carbocycles. The molecule has 2 aromatic rings. The average Bonchev–Trinajstić information content (AvgIpc) is 3.29. The van der Waals surface area contributed by atoms with Crippen LogP contribution in [0.1, 0.15) is 24.0 Å². The number of nitrogens with one attached hydrogen (secondary N) is 1. The topological polar surface area (TPSA) is 59.4 Å². The highest BCUT2D eigenvalue weighted by Gasteiger charge is 2.34. The van der Waals surface area contributed by atoms with Crippen molar-refractivity contribution in [1.82, 2.24) is 9.78 Å². The largest absolute Gasteiger partial charge is 0.495 e. The van der Waals surface area contributed by atoms with Crippen molar-refractivity contribution < 1.29 is 9.53 Å². The third kappa shape index (κ3) is 2.42. The van der Waals surface area contributed by atoms with Crippen LogP contribution in [0.2, 0.25) is 0 Å². The lowest BCUT2D eigenvalue weighted by Gasteiger charge is -2.20. The molecular weight excluding hydrogens is 304 g/mol. The predicted molar refractivity (Wildman–Crippen MR) is 92.6 cm³/mol. The van der Waals surface area contributed by atoms with Crippen molar-refractivity contribution >= 4 is 17.3 Å². The maximum absolute atomic E-state index is 12.8. The first-order valence-electron chi connectivity index (χ1n) is 8.42. The molecule has 0 bridgehead atoms. The number of carbonyl (C=O) groups is 1. The highest BCUT2D eigenvalue weighted by molar-refractivity contribution is 6.01. The number of carbonyl (C=O) groups excluding carboxylic acids is 1. The van der Waals surface area contributed by atoms with E-state index in [-0.39, 0.29) is 11.9 Å². The SMILES string of the molecule is COc1ccc2c(c1N[C@H]1CCN(c3cnn(C)c3)C1=O)CCC2. The molecule has 1 atom stereocenters. The molecule has 1 aliphatic heterocycles. The molecule has 1 fully saturated rings. The summed E-state index contributed by atoms with van der Waals surface area (Å²) in [6.45, 7) is 0.708. The smallest absolute Gasteiger partial charge is 0.249 e. The molecule has 0 unspecified atom stereocenters. The zero-order valence-corrected chi connectivity index (χ0v) is 14.1. The van der Waals surface area contributed by atoms with Crippen LogP contribution in [0, 0.1) is 0 Å². The van der Waals surface area contributed by atoms with Gasteiger partial charge in [0.2, 0.25) is 5.91 Å². The predicted octanol–water partition coefficient (Wildman–Crippen LogP) is 2.13. The van der Waals surface area contributed by atoms with Crippen molar-refractivity contribution in [2.75, 3.05) is 23.9 Å². The molecule has 0 radical (unpaired) electrons. The van der Waals surface area contributed by atoms with Crippen molar-refractivity contribution in [3.63, 3.8) is 0 Å². The zero-order chi connectivity index (χ0) is 16.7. The number of hydrogen-bond donors (Lipinski definition) is 1. The Labute approximate surface area is 141 Å². The van der Waals surface area contributed by atoms with Gasteiger partial charge in [-0.15, -0.1) is 0 Å². The van der Waals surface area contributed by atoms with Crippen molar-refractivity contribution in [3.05, 3.63) is 35.7 Å². The second-order valence-electron chi connectivity index (χ2n) is 6.48. The number of amides is 1. The van der Waals surface area contributed by atoms with Gasteiger partial charge >= 0.3 is 0 Å². The summed E-state index contributed by atoms with van der Waals surface area (Å²) in [5, 5.41) is 7.64. The van der Waals surface area contributed by atoms with Gasteiger partial charge in [0.1, 0.15) is 11.8 Å². The maximum Gasteiger partial charge on any atom is 0.249 e. The van der Waals surface area contributed by atoms with Gasteiger partial charge in [-0.3, -0.25) is 9.48 Å². The van der Waals surface area contributed by atoms with Crippen LogP contribution in [0.15, 0.2) is 24.5 Å². The molecule has 1 aromatic heterocycles. The van der Waals surface area contributed by atoms with E-state index < -0.39 is 0 Å². The van der Waals surface area contributed by atoms with Crippen LogP contribution in [-0.2, 0) is 24.7 Å². The molecular formula is C18H22N4O2. The lowest BCUT2D eigenvalue weighted by Crippen LogP contribution is -2.33. The first-order chi connectivity index (χ1) is 11.7. The van der Waals surface area contributed by atoms with E-state index in [0.717, 1.165) is 42.8 Å². The van der Waals surface area contributed by atoms with E-state index in [1.165, 1.54) is 11.1 Å². The van der Waals surface area contributed by atoms with Crippen LogP contribution in [0.5, 0.6) is 5.75 Å². The van der Waals surface area contributed by atoms with Gasteiger partial charge in [0.05, 0.1) is 24.7 Å². The lowest BCUT2D eigenvalue weighted by molar-refractivity contribution is -0.117. The molecule has 1 aromatic carbocycles. The molecule has 126 valence electrons. The van der Waals surface area contributed by atoms with Crippen LogP contribution in [-0.4, -0.2) is 35.4 Å². The molecule has 6 heteroatoms. The Bertz CT molecular complexity index is 783. The van der Waals surface area contributed by atoms with Crippen LogP contribution in [0.3, 0.4) is 0 Å². The van der Waals surface area contributed by atoms with Gasteiger partial charge in [0, 0.05) is 19.8 Å². The first kappa shape index (κ1) is 15.1. The third-order valence-electron chi connectivity index (χ3n) is 4.99. The number of rotatable bonds is 4. The molecule has 0 spiro atoms. The number of aryl methyl sites for hydroxylation is 2. The first-order valence-corrected chi connectivity index (χ1v) is 8.42. The van der Waals surface area contributed by atoms with Crippen molar-refractivity contribution in [1.29, 1.82) is 0 Å². The fourth-order valence-corrected chi connectivity index (χ4v) is 3.77. The van der Waals surface area contributed by atoms with Gasteiger partial charge < -0.3 is 15.0 Å². The van der Waals surface area contributed by atoms with E-state index >= 15 is 0 Å². The van der Waals surface area contributed by atoms with Gasteiger partial charge in [-0.1, -0.05) is 6.07 Å². The molecule has 2 heterocycles. The second-order valence-corrected chi connectivity index (χ2v) is 6.48. The normalized spacial score (nSPS) is 19.7. The molecule has 1 amide bonds. The number of aromatic nitrogens is 2. The van der Waals surface area contributed by atoms with E-state index in [2.05, 4.69) is 16.5 Å². The summed E-state index contributed by atoms with van der Waals surface area (Å²) in [6, 6.07) is 3.93. The van der Waals surface area contributed by atoms with Crippen LogP contribution >= 0.6 is 0 Å². The van der Waals surface area contributed by atoms with Crippen molar-refractivity contribution in [2.45, 2.75) is 31.7 Å². The molecule has 24 heavy (non-hydrogen) atoms. The van der Waals surface area contributed by atoms with Crippen molar-refractivity contribution in [2.24, 2.45) is 7.05 Å². The molecule has 1 N–H and O–H groups in total. The number of nitrogens with zero attached hydrogens (tertiary/aromatic N) is 3. The Kier molecular flexibility index (Phi) is 3.67. The number of methoxy groups -OCH3 is 1. The Balaban J connectivity index is 1.59. The number of hydrogen-bond acceptors (Lipinski definition) is 4. The molecule has 6 nitrogen and oxygen atoms in total. The number of anilines is 2. The lowest BCUT2D eigenvalue weighted by atomic mass is 10.1. The van der Waals surface area contributed by atoms with E-state index in [0.29, 0.717) is 6.54 Å². The Morgan fingerprint density at radius 1 is 1.33 bits per heavy atom. The van der Waals surface area contributed by atoms with Gasteiger partial charge in [0.15, 0.2) is 0 Å². The minimum atomic E-state index is -0.216. The van der Waals surface area contributed by atoms with Gasteiger partial charge in [-0.2, -0.15) is 5.10 Å². The summed E-state index contributed by atoms with van der Waals surface area (Å²) in [6.07, 6.45) is 7.71. The minimum absolute atomic E-state index is 0.0978. The molecule has 2 aliphatic rings. The molecule has 1 aliphatic carbocycles. The fraction of sp³-hybridized carbons (Fsp3) is 0.444. The quantitative estimate of drug-likeness (QED) is 0.935. The number of ether oxygens (including phenoxy) is 1. The Hall–Kier alpha value is -2.50. The summed E-state index contributed by atoms with van der Waals surface area (Å²) in [4.78, 5) is 14.6. The van der Waals surface area contributed by atoms with Crippen LogP contribution in [0.25, 0.3) is 0 Å². The minimum Gasteiger partial charge on any atom is -0.495 e. The van der Waals surface area contributed by atoms with Crippen LogP contribution in [0.4, 0.5) is 11.4 Å². The summed E-state index contributed by atoms with van der Waals surface area (Å²) in [5.74, 6) is 0.920. The highest BCUT2D eigenvalue weighted by atomic mass is 16.5. The van der Waals surface area contributed by atoms with Gasteiger partial charge in [-0.05, 0) is 42.9 Å². The molecule has 1 saturated heterocycles. The highest BCUT2D eigenvalue weighted by Crippen LogP contribution is 2.37. The summed E-state index contributed by atoms with van der Waals surface area (Å²) >= 11 is 0.